The number of benzene rings is 2. The minimum Gasteiger partial charge on any atom is -0.493 e. The molecule has 0 fully saturated rings. The Morgan fingerprint density at radius 1 is 0.962 bits per heavy atom. The predicted octanol–water partition coefficient (Wildman–Crippen LogP) is 4.22. The van der Waals surface area contributed by atoms with Gasteiger partial charge in [0.05, 0.1) is 27.8 Å². The molecular formula is C19H21Cl2NO4. The number of hydrogen-bond acceptors (Lipinski definition) is 4. The smallest absolute Gasteiger partial charge is 0.227 e. The van der Waals surface area contributed by atoms with Crippen LogP contribution in [-0.2, 0) is 17.8 Å². The van der Waals surface area contributed by atoms with E-state index in [9.17, 15) is 4.79 Å². The fourth-order valence-electron chi connectivity index (χ4n) is 2.62. The third kappa shape index (κ3) is 4.34. The van der Waals surface area contributed by atoms with Crippen LogP contribution in [0.3, 0.4) is 0 Å². The fraction of sp³-hybridized carbons (Fsp3) is 0.316. The monoisotopic (exact) mass is 397 g/mol. The zero-order chi connectivity index (χ0) is 19.3. The molecular weight excluding hydrogens is 377 g/mol. The van der Waals surface area contributed by atoms with Gasteiger partial charge in [-0.05, 0) is 29.8 Å². The van der Waals surface area contributed by atoms with Crippen molar-refractivity contribution < 1.29 is 19.0 Å². The molecule has 0 heterocycles. The van der Waals surface area contributed by atoms with E-state index in [2.05, 4.69) is 0 Å². The first-order valence-corrected chi connectivity index (χ1v) is 8.63. The Bertz CT molecular complexity index is 775. The summed E-state index contributed by atoms with van der Waals surface area (Å²) in [6.45, 7) is 0.338. The highest BCUT2D eigenvalue weighted by atomic mass is 35.5. The molecule has 5 nitrogen and oxygen atoms in total. The molecule has 0 saturated heterocycles. The van der Waals surface area contributed by atoms with Crippen molar-refractivity contribution in [3.63, 3.8) is 0 Å². The summed E-state index contributed by atoms with van der Waals surface area (Å²) >= 11 is 12.3. The molecule has 0 aliphatic heterocycles. The molecule has 0 atom stereocenters. The highest BCUT2D eigenvalue weighted by Gasteiger charge is 2.20. The minimum absolute atomic E-state index is 0.114. The summed E-state index contributed by atoms with van der Waals surface area (Å²) in [5, 5.41) is 0.950. The molecule has 0 saturated carbocycles. The maximum Gasteiger partial charge on any atom is 0.227 e. The van der Waals surface area contributed by atoms with Crippen LogP contribution in [0.15, 0.2) is 30.3 Å². The highest BCUT2D eigenvalue weighted by molar-refractivity contribution is 6.36. The molecule has 2 aromatic carbocycles. The SMILES string of the molecule is COc1ccc(CN(C)C(=O)Cc2c(Cl)cccc2Cl)c(OC)c1OC. The van der Waals surface area contributed by atoms with Crippen LogP contribution in [0, 0.1) is 0 Å². The quantitative estimate of drug-likeness (QED) is 0.701. The summed E-state index contributed by atoms with van der Waals surface area (Å²) in [5.74, 6) is 1.46. The Hall–Kier alpha value is -2.11. The van der Waals surface area contributed by atoms with Crippen LogP contribution >= 0.6 is 23.2 Å². The van der Waals surface area contributed by atoms with Crippen LogP contribution in [0.2, 0.25) is 10.0 Å². The van der Waals surface area contributed by atoms with Crippen molar-refractivity contribution in [3.8, 4) is 17.2 Å². The van der Waals surface area contributed by atoms with Gasteiger partial charge in [-0.15, -0.1) is 0 Å². The number of halogens is 2. The second kappa shape index (κ2) is 9.01. The second-order valence-electron chi connectivity index (χ2n) is 5.62. The zero-order valence-corrected chi connectivity index (χ0v) is 16.6. The number of likely N-dealkylation sites (N-methyl/N-ethyl adjacent to an activating group) is 1. The Balaban J connectivity index is 2.21. The van der Waals surface area contributed by atoms with E-state index in [0.29, 0.717) is 39.4 Å². The third-order valence-corrected chi connectivity index (χ3v) is 4.72. The Morgan fingerprint density at radius 2 is 1.58 bits per heavy atom. The largest absolute Gasteiger partial charge is 0.493 e. The fourth-order valence-corrected chi connectivity index (χ4v) is 3.15. The summed E-state index contributed by atoms with van der Waals surface area (Å²) < 4.78 is 16.1. The lowest BCUT2D eigenvalue weighted by molar-refractivity contribution is -0.129. The van der Waals surface area contributed by atoms with E-state index in [0.717, 1.165) is 5.56 Å². The van der Waals surface area contributed by atoms with E-state index in [1.807, 2.05) is 6.07 Å². The molecule has 1 amide bonds. The van der Waals surface area contributed by atoms with Crippen LogP contribution in [0.5, 0.6) is 17.2 Å². The normalized spacial score (nSPS) is 10.4. The zero-order valence-electron chi connectivity index (χ0n) is 15.1. The summed E-state index contributed by atoms with van der Waals surface area (Å²) in [5.41, 5.74) is 1.42. The maximum atomic E-state index is 12.6. The molecule has 26 heavy (non-hydrogen) atoms. The number of methoxy groups -OCH3 is 3. The molecule has 0 unspecified atom stereocenters. The molecule has 7 heteroatoms. The Morgan fingerprint density at radius 3 is 2.12 bits per heavy atom. The first-order valence-electron chi connectivity index (χ1n) is 7.87. The van der Waals surface area contributed by atoms with E-state index in [-0.39, 0.29) is 12.3 Å². The van der Waals surface area contributed by atoms with Crippen molar-refractivity contribution in [2.45, 2.75) is 13.0 Å². The lowest BCUT2D eigenvalue weighted by atomic mass is 10.1. The van der Waals surface area contributed by atoms with Gasteiger partial charge in [0.25, 0.3) is 0 Å². The van der Waals surface area contributed by atoms with Crippen molar-refractivity contribution in [3.05, 3.63) is 51.5 Å². The van der Waals surface area contributed by atoms with Crippen LogP contribution in [0.25, 0.3) is 0 Å². The van der Waals surface area contributed by atoms with E-state index in [1.165, 1.54) is 0 Å². The second-order valence-corrected chi connectivity index (χ2v) is 6.43. The average Bonchev–Trinajstić information content (AvgIpc) is 2.63. The van der Waals surface area contributed by atoms with Gasteiger partial charge in [-0.1, -0.05) is 29.3 Å². The van der Waals surface area contributed by atoms with Gasteiger partial charge in [0.2, 0.25) is 11.7 Å². The van der Waals surface area contributed by atoms with Crippen molar-refractivity contribution in [1.29, 1.82) is 0 Å². The Labute approximate surface area is 163 Å². The van der Waals surface area contributed by atoms with E-state index >= 15 is 0 Å². The van der Waals surface area contributed by atoms with Gasteiger partial charge in [-0.25, -0.2) is 0 Å². The van der Waals surface area contributed by atoms with E-state index < -0.39 is 0 Å². The van der Waals surface area contributed by atoms with Crippen LogP contribution in [0.1, 0.15) is 11.1 Å². The van der Waals surface area contributed by atoms with E-state index in [4.69, 9.17) is 37.4 Å². The molecule has 2 aromatic rings. The van der Waals surface area contributed by atoms with Crippen molar-refractivity contribution >= 4 is 29.1 Å². The topological polar surface area (TPSA) is 48.0 Å². The number of hydrogen-bond donors (Lipinski definition) is 0. The first-order chi connectivity index (χ1) is 12.4. The lowest BCUT2D eigenvalue weighted by Gasteiger charge is -2.21. The summed E-state index contributed by atoms with van der Waals surface area (Å²) in [6.07, 6.45) is 0.116. The average molecular weight is 398 g/mol. The number of ether oxygens (including phenoxy) is 3. The van der Waals surface area contributed by atoms with E-state index in [1.54, 1.807) is 57.5 Å². The Kier molecular flexibility index (Phi) is 7.00. The number of rotatable bonds is 7. The third-order valence-electron chi connectivity index (χ3n) is 4.01. The van der Waals surface area contributed by atoms with Crippen LogP contribution < -0.4 is 14.2 Å². The van der Waals surface area contributed by atoms with Gasteiger partial charge in [-0.2, -0.15) is 0 Å². The highest BCUT2D eigenvalue weighted by Crippen LogP contribution is 2.40. The molecule has 0 aliphatic carbocycles. The molecule has 0 N–H and O–H groups in total. The van der Waals surface area contributed by atoms with Gasteiger partial charge < -0.3 is 19.1 Å². The maximum absolute atomic E-state index is 12.6. The van der Waals surface area contributed by atoms with Crippen molar-refractivity contribution in [2.24, 2.45) is 0 Å². The molecule has 0 bridgehead atoms. The summed E-state index contributed by atoms with van der Waals surface area (Å²) in [4.78, 5) is 14.2. The number of carbonyl (C=O) groups excluding carboxylic acids is 1. The number of amides is 1. The molecule has 0 radical (unpaired) electrons. The summed E-state index contributed by atoms with van der Waals surface area (Å²) in [7, 11) is 6.35. The summed E-state index contributed by atoms with van der Waals surface area (Å²) in [6, 6.07) is 8.80. The van der Waals surface area contributed by atoms with Gasteiger partial charge in [0, 0.05) is 29.2 Å². The van der Waals surface area contributed by atoms with Crippen LogP contribution in [-0.4, -0.2) is 39.2 Å². The molecule has 0 spiro atoms. The van der Waals surface area contributed by atoms with Crippen LogP contribution in [0.4, 0.5) is 0 Å². The molecule has 0 aliphatic rings. The van der Waals surface area contributed by atoms with Gasteiger partial charge in [-0.3, -0.25) is 4.79 Å². The molecule has 0 aromatic heterocycles. The standard InChI is InChI=1S/C19H21Cl2NO4/c1-22(17(23)10-13-14(20)6-5-7-15(13)21)11-12-8-9-16(24-2)19(26-4)18(12)25-3/h5-9H,10-11H2,1-4H3. The molecule has 2 rings (SSSR count). The predicted molar refractivity (Wildman–Crippen MR) is 103 cm³/mol. The molecule has 140 valence electrons. The van der Waals surface area contributed by atoms with Gasteiger partial charge in [0.1, 0.15) is 0 Å². The van der Waals surface area contributed by atoms with Gasteiger partial charge >= 0.3 is 0 Å². The first kappa shape index (κ1) is 20.2. The number of carbonyl (C=O) groups is 1. The van der Waals surface area contributed by atoms with Crippen molar-refractivity contribution in [1.82, 2.24) is 4.90 Å². The van der Waals surface area contributed by atoms with Crippen molar-refractivity contribution in [2.75, 3.05) is 28.4 Å². The minimum atomic E-state index is -0.114. The van der Waals surface area contributed by atoms with Gasteiger partial charge in [0.15, 0.2) is 11.5 Å². The number of nitrogens with zero attached hydrogens (tertiary/aromatic N) is 1. The lowest BCUT2D eigenvalue weighted by Crippen LogP contribution is -2.28.